The number of benzene rings is 2. The molecule has 0 saturated carbocycles. The molecule has 0 spiro atoms. The highest BCUT2D eigenvalue weighted by Crippen LogP contribution is 2.39. The minimum atomic E-state index is -0.942. The van der Waals surface area contributed by atoms with Crippen molar-refractivity contribution in [2.24, 2.45) is 0 Å². The minimum absolute atomic E-state index is 0.0176. The Labute approximate surface area is 124 Å². The molecule has 0 heterocycles. The monoisotopic (exact) mass is 306 g/mol. The first-order chi connectivity index (χ1) is 9.50. The number of Topliss-reactive ketones (excluding diaryl/α,β-unsaturated/α-hetero) is 2. The van der Waals surface area contributed by atoms with Gasteiger partial charge in [-0.25, -0.2) is 0 Å². The molecule has 3 nitrogen and oxygen atoms in total. The highest BCUT2D eigenvalue weighted by Gasteiger charge is 2.39. The molecule has 100 valence electrons. The Hall–Kier alpha value is -1.84. The molecule has 0 radical (unpaired) electrons. The zero-order chi connectivity index (χ0) is 14.4. The first-order valence-electron chi connectivity index (χ1n) is 5.86. The molecular weight excluding hydrogens is 299 g/mol. The Kier molecular flexibility index (Phi) is 3.04. The van der Waals surface area contributed by atoms with Gasteiger partial charge in [0.2, 0.25) is 0 Å². The van der Waals surface area contributed by atoms with Crippen molar-refractivity contribution in [2.75, 3.05) is 0 Å². The lowest BCUT2D eigenvalue weighted by Crippen LogP contribution is -2.12. The normalized spacial score (nSPS) is 14.7. The average molecular weight is 307 g/mol. The van der Waals surface area contributed by atoms with Gasteiger partial charge in [-0.1, -0.05) is 47.5 Å². The zero-order valence-corrected chi connectivity index (χ0v) is 11.6. The van der Waals surface area contributed by atoms with E-state index in [4.69, 9.17) is 23.2 Å². The second-order valence-electron chi connectivity index (χ2n) is 4.54. The van der Waals surface area contributed by atoms with Gasteiger partial charge < -0.3 is 5.11 Å². The van der Waals surface area contributed by atoms with Gasteiger partial charge in [-0.2, -0.15) is 0 Å². The van der Waals surface area contributed by atoms with E-state index < -0.39 is 5.92 Å². The predicted molar refractivity (Wildman–Crippen MR) is 76.0 cm³/mol. The molecule has 0 atom stereocenters. The second-order valence-corrected chi connectivity index (χ2v) is 5.35. The fourth-order valence-electron chi connectivity index (χ4n) is 2.40. The molecule has 20 heavy (non-hydrogen) atoms. The van der Waals surface area contributed by atoms with Gasteiger partial charge in [-0.3, -0.25) is 9.59 Å². The number of halogens is 2. The summed E-state index contributed by atoms with van der Waals surface area (Å²) in [6, 6.07) is 9.47. The number of fused-ring (bicyclic) bond motifs is 1. The van der Waals surface area contributed by atoms with Crippen LogP contribution in [0.5, 0.6) is 5.75 Å². The summed E-state index contributed by atoms with van der Waals surface area (Å²) in [7, 11) is 0. The van der Waals surface area contributed by atoms with E-state index in [1.165, 1.54) is 12.1 Å². The summed E-state index contributed by atoms with van der Waals surface area (Å²) in [6.45, 7) is 0. The lowest BCUT2D eigenvalue weighted by atomic mass is 9.94. The number of ketones is 2. The van der Waals surface area contributed by atoms with Crippen LogP contribution in [0, 0.1) is 0 Å². The number of carbonyl (C=O) groups excluding carboxylic acids is 2. The Morgan fingerprint density at radius 1 is 0.900 bits per heavy atom. The van der Waals surface area contributed by atoms with E-state index in [0.29, 0.717) is 16.7 Å². The molecule has 0 amide bonds. The standard InChI is InChI=1S/C15H8Cl2O3/c16-10-5-7(6-11(17)15(10)20)12-13(18)8-3-1-2-4-9(8)14(12)19/h1-6,12,20H. The minimum Gasteiger partial charge on any atom is -0.505 e. The lowest BCUT2D eigenvalue weighted by Gasteiger charge is -2.10. The highest BCUT2D eigenvalue weighted by molar-refractivity contribution is 6.37. The van der Waals surface area contributed by atoms with E-state index in [9.17, 15) is 14.7 Å². The van der Waals surface area contributed by atoms with Crippen LogP contribution in [0.15, 0.2) is 36.4 Å². The van der Waals surface area contributed by atoms with E-state index in [2.05, 4.69) is 0 Å². The number of aromatic hydroxyl groups is 1. The van der Waals surface area contributed by atoms with Crippen LogP contribution >= 0.6 is 23.2 Å². The molecule has 2 aromatic rings. The summed E-state index contributed by atoms with van der Waals surface area (Å²) in [5.74, 6) is -1.75. The van der Waals surface area contributed by atoms with Crippen LogP contribution in [0.2, 0.25) is 10.0 Å². The molecule has 0 fully saturated rings. The maximum absolute atomic E-state index is 12.3. The van der Waals surface area contributed by atoms with Gasteiger partial charge in [0.15, 0.2) is 17.3 Å². The number of carbonyl (C=O) groups is 2. The van der Waals surface area contributed by atoms with E-state index in [-0.39, 0.29) is 27.4 Å². The van der Waals surface area contributed by atoms with Crippen molar-refractivity contribution in [1.29, 1.82) is 0 Å². The van der Waals surface area contributed by atoms with Crippen molar-refractivity contribution >= 4 is 34.8 Å². The molecule has 3 rings (SSSR count). The number of hydrogen-bond donors (Lipinski definition) is 1. The Morgan fingerprint density at radius 3 is 1.80 bits per heavy atom. The van der Waals surface area contributed by atoms with Gasteiger partial charge in [0, 0.05) is 11.1 Å². The highest BCUT2D eigenvalue weighted by atomic mass is 35.5. The molecule has 2 aromatic carbocycles. The van der Waals surface area contributed by atoms with Crippen molar-refractivity contribution in [3.05, 3.63) is 63.1 Å². The topological polar surface area (TPSA) is 54.4 Å². The van der Waals surface area contributed by atoms with Crippen LogP contribution in [-0.4, -0.2) is 16.7 Å². The van der Waals surface area contributed by atoms with Gasteiger partial charge >= 0.3 is 0 Å². The maximum Gasteiger partial charge on any atom is 0.178 e. The molecule has 1 N–H and O–H groups in total. The fraction of sp³-hybridized carbons (Fsp3) is 0.0667. The van der Waals surface area contributed by atoms with Crippen LogP contribution in [0.4, 0.5) is 0 Å². The second kappa shape index (κ2) is 4.62. The number of phenols is 1. The van der Waals surface area contributed by atoms with Crippen molar-refractivity contribution in [3.8, 4) is 5.75 Å². The predicted octanol–water partition coefficient (Wildman–Crippen LogP) is 3.86. The van der Waals surface area contributed by atoms with E-state index in [1.54, 1.807) is 24.3 Å². The summed E-state index contributed by atoms with van der Waals surface area (Å²) in [5, 5.41) is 9.58. The third kappa shape index (κ3) is 1.82. The largest absolute Gasteiger partial charge is 0.505 e. The SMILES string of the molecule is O=C1c2ccccc2C(=O)C1c1cc(Cl)c(O)c(Cl)c1. The number of rotatable bonds is 1. The Morgan fingerprint density at radius 2 is 1.35 bits per heavy atom. The van der Waals surface area contributed by atoms with Crippen LogP contribution in [0.25, 0.3) is 0 Å². The molecule has 0 aliphatic heterocycles. The summed E-state index contributed by atoms with van der Waals surface area (Å²) < 4.78 is 0. The van der Waals surface area contributed by atoms with Crippen LogP contribution in [0.3, 0.4) is 0 Å². The Bertz CT molecular complexity index is 695. The molecule has 0 unspecified atom stereocenters. The van der Waals surface area contributed by atoms with Crippen molar-refractivity contribution < 1.29 is 14.7 Å². The van der Waals surface area contributed by atoms with Crippen LogP contribution in [-0.2, 0) is 0 Å². The van der Waals surface area contributed by atoms with Gasteiger partial charge in [0.25, 0.3) is 0 Å². The molecule has 1 aliphatic rings. The Balaban J connectivity index is 2.14. The van der Waals surface area contributed by atoms with Crippen LogP contribution < -0.4 is 0 Å². The third-order valence-corrected chi connectivity index (χ3v) is 3.93. The molecule has 0 bridgehead atoms. The molecular formula is C15H8Cl2O3. The first-order valence-corrected chi connectivity index (χ1v) is 6.61. The summed E-state index contributed by atoms with van der Waals surface area (Å²) >= 11 is 11.7. The third-order valence-electron chi connectivity index (χ3n) is 3.35. The molecule has 0 saturated heterocycles. The first kappa shape index (κ1) is 13.2. The molecule has 1 aliphatic carbocycles. The quantitative estimate of drug-likeness (QED) is 0.814. The van der Waals surface area contributed by atoms with Gasteiger partial charge in [0.1, 0.15) is 5.92 Å². The molecule has 0 aromatic heterocycles. The van der Waals surface area contributed by atoms with Gasteiger partial charge in [-0.15, -0.1) is 0 Å². The maximum atomic E-state index is 12.3. The van der Waals surface area contributed by atoms with E-state index >= 15 is 0 Å². The summed E-state index contributed by atoms with van der Waals surface area (Å²) in [6.07, 6.45) is 0. The smallest absolute Gasteiger partial charge is 0.178 e. The van der Waals surface area contributed by atoms with Crippen LogP contribution in [0.1, 0.15) is 32.2 Å². The van der Waals surface area contributed by atoms with Crippen molar-refractivity contribution in [1.82, 2.24) is 0 Å². The number of hydrogen-bond acceptors (Lipinski definition) is 3. The summed E-state index contributed by atoms with van der Waals surface area (Å²) in [4.78, 5) is 24.7. The van der Waals surface area contributed by atoms with E-state index in [0.717, 1.165) is 0 Å². The van der Waals surface area contributed by atoms with Crippen molar-refractivity contribution in [2.45, 2.75) is 5.92 Å². The van der Waals surface area contributed by atoms with Crippen molar-refractivity contribution in [3.63, 3.8) is 0 Å². The number of phenolic OH excluding ortho intramolecular Hbond substituents is 1. The summed E-state index contributed by atoms with van der Waals surface area (Å²) in [5.41, 5.74) is 1.20. The lowest BCUT2D eigenvalue weighted by molar-refractivity contribution is 0.0890. The zero-order valence-electron chi connectivity index (χ0n) is 10.1. The van der Waals surface area contributed by atoms with E-state index in [1.807, 2.05) is 0 Å². The average Bonchev–Trinajstić information content (AvgIpc) is 2.68. The fourth-order valence-corrected chi connectivity index (χ4v) is 2.90. The van der Waals surface area contributed by atoms with Gasteiger partial charge in [0.05, 0.1) is 10.0 Å². The van der Waals surface area contributed by atoms with Gasteiger partial charge in [-0.05, 0) is 17.7 Å². The molecule has 5 heteroatoms.